The van der Waals surface area contributed by atoms with Crippen LogP contribution in [0, 0.1) is 17.3 Å². The predicted octanol–water partition coefficient (Wildman–Crippen LogP) is 3.59. The molecule has 6 nitrogen and oxygen atoms in total. The first-order valence-electron chi connectivity index (χ1n) is 10.7. The fourth-order valence-electron chi connectivity index (χ4n) is 5.68. The number of rotatable bonds is 4. The SMILES string of the molecule is COc1ccc(B2OC3C[C@H]4C[C@@H](C4(C)C)[C@]3(C)O2)c(OC)c1C(=O)OC(C)(C)C. The van der Waals surface area contributed by atoms with Gasteiger partial charge in [-0.2, -0.15) is 0 Å². The Kier molecular flexibility index (Phi) is 4.94. The van der Waals surface area contributed by atoms with Crippen LogP contribution in [0.15, 0.2) is 12.1 Å². The average Bonchev–Trinajstić information content (AvgIpc) is 3.01. The van der Waals surface area contributed by atoms with Crippen molar-refractivity contribution < 1.29 is 28.3 Å². The van der Waals surface area contributed by atoms with Crippen LogP contribution in [0.3, 0.4) is 0 Å². The van der Waals surface area contributed by atoms with Crippen LogP contribution in [0.5, 0.6) is 11.5 Å². The van der Waals surface area contributed by atoms with E-state index in [9.17, 15) is 4.79 Å². The van der Waals surface area contributed by atoms with Gasteiger partial charge in [-0.05, 0) is 63.9 Å². The maximum atomic E-state index is 13.0. The zero-order valence-electron chi connectivity index (χ0n) is 19.3. The van der Waals surface area contributed by atoms with E-state index in [1.807, 2.05) is 26.8 Å². The van der Waals surface area contributed by atoms with Crippen LogP contribution in [0.25, 0.3) is 0 Å². The molecule has 3 saturated carbocycles. The number of carbonyl (C=O) groups is 1. The molecule has 4 aliphatic rings. The van der Waals surface area contributed by atoms with E-state index in [1.54, 1.807) is 6.07 Å². The van der Waals surface area contributed by atoms with Crippen molar-refractivity contribution in [2.75, 3.05) is 14.2 Å². The summed E-state index contributed by atoms with van der Waals surface area (Å²) in [4.78, 5) is 13.0. The molecule has 1 aromatic rings. The molecule has 4 fully saturated rings. The zero-order valence-corrected chi connectivity index (χ0v) is 19.3. The predicted molar refractivity (Wildman–Crippen MR) is 114 cm³/mol. The molecule has 3 aliphatic carbocycles. The lowest BCUT2D eigenvalue weighted by atomic mass is 9.43. The minimum absolute atomic E-state index is 0.0380. The Hall–Kier alpha value is -1.73. The highest BCUT2D eigenvalue weighted by atomic mass is 16.7. The maximum absolute atomic E-state index is 13.0. The molecule has 164 valence electrons. The van der Waals surface area contributed by atoms with Crippen LogP contribution in [0.1, 0.15) is 64.7 Å². The molecule has 0 aromatic heterocycles. The lowest BCUT2D eigenvalue weighted by molar-refractivity contribution is -0.199. The number of hydrogen-bond acceptors (Lipinski definition) is 6. The third-order valence-corrected chi connectivity index (χ3v) is 7.38. The van der Waals surface area contributed by atoms with Crippen LogP contribution < -0.4 is 14.9 Å². The van der Waals surface area contributed by atoms with Crippen LogP contribution in [0.4, 0.5) is 0 Å². The summed E-state index contributed by atoms with van der Waals surface area (Å²) in [6.45, 7) is 12.3. The van der Waals surface area contributed by atoms with Crippen LogP contribution in [0.2, 0.25) is 0 Å². The molecule has 0 spiro atoms. The van der Waals surface area contributed by atoms with Crippen molar-refractivity contribution in [3.8, 4) is 11.5 Å². The third kappa shape index (κ3) is 3.13. The molecule has 2 bridgehead atoms. The monoisotopic (exact) mass is 416 g/mol. The first-order chi connectivity index (χ1) is 13.9. The molecule has 1 unspecified atom stereocenters. The lowest BCUT2D eigenvalue weighted by Gasteiger charge is -2.64. The summed E-state index contributed by atoms with van der Waals surface area (Å²) in [5.41, 5.74) is 0.210. The zero-order chi connectivity index (χ0) is 22.1. The van der Waals surface area contributed by atoms with Gasteiger partial charge in [-0.1, -0.05) is 19.9 Å². The van der Waals surface area contributed by atoms with Crippen molar-refractivity contribution in [3.05, 3.63) is 17.7 Å². The molecule has 0 N–H and O–H groups in total. The van der Waals surface area contributed by atoms with E-state index in [0.29, 0.717) is 28.8 Å². The van der Waals surface area contributed by atoms with Gasteiger partial charge in [-0.25, -0.2) is 4.79 Å². The first-order valence-corrected chi connectivity index (χ1v) is 10.7. The van der Waals surface area contributed by atoms with Crippen molar-refractivity contribution in [3.63, 3.8) is 0 Å². The summed E-state index contributed by atoms with van der Waals surface area (Å²) in [6, 6.07) is 3.60. The molecule has 30 heavy (non-hydrogen) atoms. The normalized spacial score (nSPS) is 31.6. The average molecular weight is 416 g/mol. The van der Waals surface area contributed by atoms with E-state index >= 15 is 0 Å². The van der Waals surface area contributed by atoms with Gasteiger partial charge in [-0.15, -0.1) is 0 Å². The Morgan fingerprint density at radius 2 is 1.83 bits per heavy atom. The van der Waals surface area contributed by atoms with Gasteiger partial charge >= 0.3 is 13.1 Å². The van der Waals surface area contributed by atoms with E-state index in [1.165, 1.54) is 20.6 Å². The Morgan fingerprint density at radius 1 is 1.13 bits per heavy atom. The molecule has 0 amide bonds. The standard InChI is InChI=1S/C23H33BO6/c1-21(2,3)28-20(25)18-15(26-7)10-9-14(19(18)27-8)24-29-17-12-13-11-16(22(13,4)5)23(17,6)30-24/h9-10,13,16-17H,11-12H2,1-8H3/t13-,16+,17?,23+/m1/s1. The van der Waals surface area contributed by atoms with Gasteiger partial charge in [0, 0.05) is 5.46 Å². The third-order valence-electron chi connectivity index (χ3n) is 7.38. The fraction of sp³-hybridized carbons (Fsp3) is 0.696. The first kappa shape index (κ1) is 21.5. The topological polar surface area (TPSA) is 63.2 Å². The van der Waals surface area contributed by atoms with E-state index in [0.717, 1.165) is 6.42 Å². The highest BCUT2D eigenvalue weighted by Gasteiger charge is 2.68. The second-order valence-corrected chi connectivity index (χ2v) is 10.6. The maximum Gasteiger partial charge on any atom is 0.498 e. The van der Waals surface area contributed by atoms with Crippen molar-refractivity contribution in [2.24, 2.45) is 17.3 Å². The van der Waals surface area contributed by atoms with Crippen LogP contribution in [-0.4, -0.2) is 44.6 Å². The van der Waals surface area contributed by atoms with Gasteiger partial charge in [-0.3, -0.25) is 0 Å². The van der Waals surface area contributed by atoms with Crippen molar-refractivity contribution in [1.29, 1.82) is 0 Å². The van der Waals surface area contributed by atoms with Crippen molar-refractivity contribution >= 4 is 18.6 Å². The number of benzene rings is 1. The molecule has 1 saturated heterocycles. The highest BCUT2D eigenvalue weighted by Crippen LogP contribution is 2.65. The lowest BCUT2D eigenvalue weighted by Crippen LogP contribution is -2.65. The largest absolute Gasteiger partial charge is 0.498 e. The summed E-state index contributed by atoms with van der Waals surface area (Å²) in [5.74, 6) is 1.40. The van der Waals surface area contributed by atoms with Gasteiger partial charge in [0.2, 0.25) is 0 Å². The second kappa shape index (κ2) is 6.89. The minimum Gasteiger partial charge on any atom is -0.496 e. The summed E-state index contributed by atoms with van der Waals surface area (Å²) in [5, 5.41) is 0. The van der Waals surface area contributed by atoms with E-state index in [-0.39, 0.29) is 22.7 Å². The number of carbonyl (C=O) groups excluding carboxylic acids is 1. The fourth-order valence-corrected chi connectivity index (χ4v) is 5.68. The van der Waals surface area contributed by atoms with Crippen LogP contribution >= 0.6 is 0 Å². The number of esters is 1. The van der Waals surface area contributed by atoms with Gasteiger partial charge in [0.25, 0.3) is 0 Å². The van der Waals surface area contributed by atoms with Gasteiger partial charge in [0.15, 0.2) is 0 Å². The summed E-state index contributed by atoms with van der Waals surface area (Å²) < 4.78 is 29.7. The van der Waals surface area contributed by atoms with Crippen LogP contribution in [-0.2, 0) is 14.0 Å². The summed E-state index contributed by atoms with van der Waals surface area (Å²) >= 11 is 0. The summed E-state index contributed by atoms with van der Waals surface area (Å²) in [6.07, 6.45) is 2.21. The molecule has 0 radical (unpaired) electrons. The molecule has 1 aromatic carbocycles. The molecule has 5 rings (SSSR count). The van der Waals surface area contributed by atoms with Crippen molar-refractivity contribution in [1.82, 2.24) is 0 Å². The van der Waals surface area contributed by atoms with E-state index in [4.69, 9.17) is 23.5 Å². The second-order valence-electron chi connectivity index (χ2n) is 10.6. The van der Waals surface area contributed by atoms with E-state index in [2.05, 4.69) is 20.8 Å². The number of ether oxygens (including phenoxy) is 3. The highest BCUT2D eigenvalue weighted by molar-refractivity contribution is 6.63. The Bertz CT molecular complexity index is 860. The molecular formula is C23H33BO6. The molecular weight excluding hydrogens is 383 g/mol. The van der Waals surface area contributed by atoms with Gasteiger partial charge in [0.05, 0.1) is 25.9 Å². The smallest absolute Gasteiger partial charge is 0.496 e. The number of methoxy groups -OCH3 is 2. The molecule has 7 heteroatoms. The molecule has 1 aliphatic heterocycles. The van der Waals surface area contributed by atoms with E-state index < -0.39 is 18.7 Å². The Balaban J connectivity index is 1.70. The molecule has 4 atom stereocenters. The quantitative estimate of drug-likeness (QED) is 0.552. The number of hydrogen-bond donors (Lipinski definition) is 0. The van der Waals surface area contributed by atoms with Gasteiger partial charge < -0.3 is 23.5 Å². The Labute approximate surface area is 179 Å². The van der Waals surface area contributed by atoms with Crippen molar-refractivity contribution in [2.45, 2.75) is 71.7 Å². The van der Waals surface area contributed by atoms with Gasteiger partial charge in [0.1, 0.15) is 22.7 Å². The summed E-state index contributed by atoms with van der Waals surface area (Å²) in [7, 11) is 2.46. The molecule has 1 heterocycles. The Morgan fingerprint density at radius 3 is 2.40 bits per heavy atom. The minimum atomic E-state index is -0.640.